The first-order valence-electron chi connectivity index (χ1n) is 10.1. The summed E-state index contributed by atoms with van der Waals surface area (Å²) in [6.07, 6.45) is 0.123. The molecule has 162 valence electrons. The predicted octanol–water partition coefficient (Wildman–Crippen LogP) is 3.50. The quantitative estimate of drug-likeness (QED) is 0.730. The third-order valence-electron chi connectivity index (χ3n) is 5.34. The second-order valence-corrected chi connectivity index (χ2v) is 8.17. The van der Waals surface area contributed by atoms with Crippen molar-refractivity contribution in [3.63, 3.8) is 0 Å². The van der Waals surface area contributed by atoms with Crippen LogP contribution in [0.3, 0.4) is 0 Å². The summed E-state index contributed by atoms with van der Waals surface area (Å²) in [7, 11) is 1.69. The number of nitrogens with zero attached hydrogens (tertiary/aromatic N) is 2. The average molecular weight is 434 g/mol. The minimum absolute atomic E-state index is 0.116. The molecule has 1 saturated heterocycles. The number of carbonyl (C=O) groups is 2. The van der Waals surface area contributed by atoms with Gasteiger partial charge in [0.05, 0.1) is 12.1 Å². The van der Waals surface area contributed by atoms with Gasteiger partial charge in [-0.2, -0.15) is 0 Å². The number of aliphatic hydroxyl groups is 1. The van der Waals surface area contributed by atoms with Crippen LogP contribution in [0.25, 0.3) is 0 Å². The molecule has 3 rings (SSSR count). The number of benzene rings is 1. The number of hydrogen-bond acceptors (Lipinski definition) is 4. The lowest BCUT2D eigenvalue weighted by Gasteiger charge is -2.29. The topological polar surface area (TPSA) is 86.0 Å². The molecule has 2 N–H and O–H groups in total. The SMILES string of the molecule is CCC(NC(=O)N1CC(O)CC1C(=O)N(C)Cc1ccc(Cl)cc1)c1ccc(C)o1. The molecule has 1 aromatic heterocycles. The number of aryl methyl sites for hydroxylation is 1. The van der Waals surface area contributed by atoms with Gasteiger partial charge in [0.15, 0.2) is 0 Å². The van der Waals surface area contributed by atoms with Crippen LogP contribution in [0.5, 0.6) is 0 Å². The number of urea groups is 1. The third kappa shape index (κ3) is 5.15. The van der Waals surface area contributed by atoms with Gasteiger partial charge in [0.2, 0.25) is 5.91 Å². The lowest BCUT2D eigenvalue weighted by molar-refractivity contribution is -0.134. The number of amides is 3. The molecule has 2 aromatic rings. The highest BCUT2D eigenvalue weighted by Crippen LogP contribution is 2.24. The number of nitrogens with one attached hydrogen (secondary N) is 1. The number of rotatable bonds is 6. The van der Waals surface area contributed by atoms with E-state index in [2.05, 4.69) is 5.32 Å². The van der Waals surface area contributed by atoms with Crippen molar-refractivity contribution in [2.75, 3.05) is 13.6 Å². The summed E-state index contributed by atoms with van der Waals surface area (Å²) in [4.78, 5) is 29.0. The molecule has 0 saturated carbocycles. The number of halogens is 1. The molecule has 0 aliphatic carbocycles. The van der Waals surface area contributed by atoms with E-state index in [4.69, 9.17) is 16.0 Å². The number of β-amino-alcohol motifs (C(OH)–C–C–N with tert-alkyl or cyclic N) is 1. The van der Waals surface area contributed by atoms with E-state index in [1.807, 2.05) is 38.1 Å². The van der Waals surface area contributed by atoms with Crippen molar-refractivity contribution in [1.29, 1.82) is 0 Å². The van der Waals surface area contributed by atoms with Crippen LogP contribution in [0.1, 0.15) is 42.9 Å². The fourth-order valence-corrected chi connectivity index (χ4v) is 3.84. The summed E-state index contributed by atoms with van der Waals surface area (Å²) >= 11 is 5.92. The number of aliphatic hydroxyl groups excluding tert-OH is 1. The lowest BCUT2D eigenvalue weighted by atomic mass is 10.1. The Balaban J connectivity index is 1.68. The Morgan fingerprint density at radius 3 is 2.60 bits per heavy atom. The molecule has 3 unspecified atom stereocenters. The summed E-state index contributed by atoms with van der Waals surface area (Å²) in [6, 6.07) is 9.55. The van der Waals surface area contributed by atoms with Gasteiger partial charge in [-0.3, -0.25) is 4.79 Å². The van der Waals surface area contributed by atoms with Gasteiger partial charge in [-0.05, 0) is 43.2 Å². The number of carbonyl (C=O) groups excluding carboxylic acids is 2. The minimum Gasteiger partial charge on any atom is -0.464 e. The maximum absolute atomic E-state index is 13.1. The van der Waals surface area contributed by atoms with Crippen molar-refractivity contribution in [3.8, 4) is 0 Å². The van der Waals surface area contributed by atoms with Crippen LogP contribution in [0.2, 0.25) is 5.02 Å². The van der Waals surface area contributed by atoms with Crippen LogP contribution in [-0.2, 0) is 11.3 Å². The Bertz CT molecular complexity index is 883. The Hall–Kier alpha value is -2.51. The summed E-state index contributed by atoms with van der Waals surface area (Å²) in [5, 5.41) is 13.7. The van der Waals surface area contributed by atoms with Crippen LogP contribution in [0.4, 0.5) is 4.79 Å². The van der Waals surface area contributed by atoms with Gasteiger partial charge in [-0.25, -0.2) is 4.79 Å². The van der Waals surface area contributed by atoms with Gasteiger partial charge in [0, 0.05) is 31.6 Å². The van der Waals surface area contributed by atoms with Crippen LogP contribution >= 0.6 is 11.6 Å². The zero-order valence-corrected chi connectivity index (χ0v) is 18.2. The Kier molecular flexibility index (Phi) is 7.05. The van der Waals surface area contributed by atoms with Gasteiger partial charge in [-0.1, -0.05) is 30.7 Å². The Morgan fingerprint density at radius 1 is 1.30 bits per heavy atom. The monoisotopic (exact) mass is 433 g/mol. The summed E-state index contributed by atoms with van der Waals surface area (Å²) in [5.74, 6) is 1.23. The lowest BCUT2D eigenvalue weighted by Crippen LogP contribution is -2.50. The van der Waals surface area contributed by atoms with E-state index in [1.165, 1.54) is 4.90 Å². The van der Waals surface area contributed by atoms with E-state index < -0.39 is 12.1 Å². The number of likely N-dealkylation sites (N-methyl/N-ethyl adjacent to an activating group) is 1. The zero-order chi connectivity index (χ0) is 21.8. The smallest absolute Gasteiger partial charge is 0.318 e. The van der Waals surface area contributed by atoms with Crippen molar-refractivity contribution in [2.45, 2.75) is 51.4 Å². The molecule has 0 bridgehead atoms. The van der Waals surface area contributed by atoms with Crippen molar-refractivity contribution in [2.24, 2.45) is 0 Å². The third-order valence-corrected chi connectivity index (χ3v) is 5.60. The standard InChI is InChI=1S/C22H28ClN3O4/c1-4-18(20-10-5-14(2)30-20)24-22(29)26-13-17(27)11-19(26)21(28)25(3)12-15-6-8-16(23)9-7-15/h5-10,17-19,27H,4,11-13H2,1-3H3,(H,24,29). The fraction of sp³-hybridized carbons (Fsp3) is 0.455. The van der Waals surface area contributed by atoms with Crippen molar-refractivity contribution in [3.05, 3.63) is 58.5 Å². The van der Waals surface area contributed by atoms with E-state index in [-0.39, 0.29) is 30.9 Å². The molecular formula is C22H28ClN3O4. The first-order valence-corrected chi connectivity index (χ1v) is 10.5. The van der Waals surface area contributed by atoms with E-state index in [1.54, 1.807) is 24.1 Å². The largest absolute Gasteiger partial charge is 0.464 e. The number of furan rings is 1. The highest BCUT2D eigenvalue weighted by molar-refractivity contribution is 6.30. The molecule has 3 atom stereocenters. The molecule has 30 heavy (non-hydrogen) atoms. The summed E-state index contributed by atoms with van der Waals surface area (Å²) in [5.41, 5.74) is 0.934. The van der Waals surface area contributed by atoms with E-state index in [9.17, 15) is 14.7 Å². The van der Waals surface area contributed by atoms with E-state index in [0.717, 1.165) is 11.3 Å². The molecule has 1 aromatic carbocycles. The molecule has 2 heterocycles. The second kappa shape index (κ2) is 9.53. The first kappa shape index (κ1) is 22.2. The molecule has 3 amide bonds. The van der Waals surface area contributed by atoms with Crippen LogP contribution in [-0.4, -0.2) is 52.6 Å². The van der Waals surface area contributed by atoms with Crippen molar-refractivity contribution >= 4 is 23.5 Å². The van der Waals surface area contributed by atoms with Crippen LogP contribution in [0.15, 0.2) is 40.8 Å². The highest BCUT2D eigenvalue weighted by atomic mass is 35.5. The van der Waals surface area contributed by atoms with Gasteiger partial charge in [0.1, 0.15) is 17.6 Å². The average Bonchev–Trinajstić information content (AvgIpc) is 3.32. The molecule has 1 aliphatic rings. The molecule has 8 heteroatoms. The van der Waals surface area contributed by atoms with Crippen LogP contribution in [0, 0.1) is 6.92 Å². The second-order valence-electron chi connectivity index (χ2n) is 7.74. The maximum Gasteiger partial charge on any atom is 0.318 e. The molecule has 1 fully saturated rings. The molecule has 0 spiro atoms. The molecule has 0 radical (unpaired) electrons. The van der Waals surface area contributed by atoms with Gasteiger partial charge in [-0.15, -0.1) is 0 Å². The van der Waals surface area contributed by atoms with Crippen molar-refractivity contribution < 1.29 is 19.1 Å². The van der Waals surface area contributed by atoms with Crippen molar-refractivity contribution in [1.82, 2.24) is 15.1 Å². The molecule has 7 nitrogen and oxygen atoms in total. The van der Waals surface area contributed by atoms with Gasteiger partial charge in [0.25, 0.3) is 0 Å². The fourth-order valence-electron chi connectivity index (χ4n) is 3.72. The van der Waals surface area contributed by atoms with Crippen LogP contribution < -0.4 is 5.32 Å². The predicted molar refractivity (Wildman–Crippen MR) is 114 cm³/mol. The molecular weight excluding hydrogens is 406 g/mol. The van der Waals surface area contributed by atoms with Gasteiger partial charge >= 0.3 is 6.03 Å². The van der Waals surface area contributed by atoms with Gasteiger partial charge < -0.3 is 24.6 Å². The van der Waals surface area contributed by atoms with E-state index >= 15 is 0 Å². The summed E-state index contributed by atoms with van der Waals surface area (Å²) in [6.45, 7) is 4.30. The first-order chi connectivity index (χ1) is 14.3. The number of hydrogen-bond donors (Lipinski definition) is 2. The molecule has 1 aliphatic heterocycles. The zero-order valence-electron chi connectivity index (χ0n) is 17.5. The Morgan fingerprint density at radius 2 is 2.00 bits per heavy atom. The van der Waals surface area contributed by atoms with E-state index in [0.29, 0.717) is 23.7 Å². The normalized spacial score (nSPS) is 19.6. The Labute approximate surface area is 181 Å². The summed E-state index contributed by atoms with van der Waals surface area (Å²) < 4.78 is 5.64. The maximum atomic E-state index is 13.1. The minimum atomic E-state index is -0.737. The number of likely N-dealkylation sites (tertiary alicyclic amines) is 1. The highest BCUT2D eigenvalue weighted by Gasteiger charge is 2.40.